The standard InChI is InChI=1S/C10H6BrN3OS/c11-7-3-1-6(2-4-7)9-12-10-14(13-9)8(15)5-16-10/h1-4H,5H2. The molecule has 1 aromatic heterocycles. The van der Waals surface area contributed by atoms with Crippen LogP contribution in [0, 0.1) is 0 Å². The molecule has 0 amide bonds. The van der Waals surface area contributed by atoms with Gasteiger partial charge in [-0.05, 0) is 12.1 Å². The average molecular weight is 296 g/mol. The lowest BCUT2D eigenvalue weighted by Gasteiger charge is -1.95. The van der Waals surface area contributed by atoms with E-state index in [-0.39, 0.29) is 5.91 Å². The van der Waals surface area contributed by atoms with Crippen molar-refractivity contribution in [3.63, 3.8) is 0 Å². The van der Waals surface area contributed by atoms with Crippen LogP contribution >= 0.6 is 27.7 Å². The molecule has 1 aliphatic heterocycles. The largest absolute Gasteiger partial charge is 0.271 e. The van der Waals surface area contributed by atoms with Crippen LogP contribution < -0.4 is 0 Å². The topological polar surface area (TPSA) is 47.8 Å². The van der Waals surface area contributed by atoms with Gasteiger partial charge in [-0.3, -0.25) is 4.79 Å². The van der Waals surface area contributed by atoms with Crippen LogP contribution in [0.5, 0.6) is 0 Å². The summed E-state index contributed by atoms with van der Waals surface area (Å²) in [7, 11) is 0. The fourth-order valence-electron chi connectivity index (χ4n) is 1.46. The summed E-state index contributed by atoms with van der Waals surface area (Å²) in [6.07, 6.45) is 0. The van der Waals surface area contributed by atoms with Gasteiger partial charge in [-0.2, -0.15) is 4.68 Å². The highest BCUT2D eigenvalue weighted by Crippen LogP contribution is 2.26. The zero-order chi connectivity index (χ0) is 11.1. The lowest BCUT2D eigenvalue weighted by atomic mass is 10.2. The average Bonchev–Trinajstić information content (AvgIpc) is 2.83. The Bertz CT molecular complexity index is 564. The highest BCUT2D eigenvalue weighted by Gasteiger charge is 2.24. The van der Waals surface area contributed by atoms with Gasteiger partial charge in [0.25, 0.3) is 5.91 Å². The van der Waals surface area contributed by atoms with Gasteiger partial charge in [0.15, 0.2) is 11.0 Å². The molecule has 0 fully saturated rings. The molecule has 2 heterocycles. The van der Waals surface area contributed by atoms with Crippen molar-refractivity contribution in [2.45, 2.75) is 5.16 Å². The second-order valence-corrected chi connectivity index (χ2v) is 5.18. The van der Waals surface area contributed by atoms with E-state index in [1.54, 1.807) is 0 Å². The lowest BCUT2D eigenvalue weighted by molar-refractivity contribution is 0.0923. The number of rotatable bonds is 1. The van der Waals surface area contributed by atoms with E-state index in [0.29, 0.717) is 16.7 Å². The summed E-state index contributed by atoms with van der Waals surface area (Å²) < 4.78 is 2.38. The summed E-state index contributed by atoms with van der Waals surface area (Å²) in [5.41, 5.74) is 0.915. The van der Waals surface area contributed by atoms with E-state index in [9.17, 15) is 4.79 Å². The van der Waals surface area contributed by atoms with Crippen molar-refractivity contribution >= 4 is 33.6 Å². The maximum Gasteiger partial charge on any atom is 0.259 e. The number of hydrogen-bond acceptors (Lipinski definition) is 4. The van der Waals surface area contributed by atoms with Gasteiger partial charge in [-0.25, -0.2) is 4.98 Å². The van der Waals surface area contributed by atoms with Crippen molar-refractivity contribution in [2.24, 2.45) is 0 Å². The molecule has 0 saturated heterocycles. The number of carbonyl (C=O) groups is 1. The Labute approximate surface area is 104 Å². The van der Waals surface area contributed by atoms with Gasteiger partial charge in [-0.15, -0.1) is 5.10 Å². The predicted molar refractivity (Wildman–Crippen MR) is 64.5 cm³/mol. The van der Waals surface area contributed by atoms with Crippen LogP contribution in [0.15, 0.2) is 33.9 Å². The normalized spacial score (nSPS) is 14.2. The quantitative estimate of drug-likeness (QED) is 0.811. The van der Waals surface area contributed by atoms with Gasteiger partial charge in [0, 0.05) is 10.0 Å². The zero-order valence-electron chi connectivity index (χ0n) is 8.05. The van der Waals surface area contributed by atoms with Gasteiger partial charge in [0.1, 0.15) is 0 Å². The molecule has 0 unspecified atom stereocenters. The number of hydrogen-bond donors (Lipinski definition) is 0. The Balaban J connectivity index is 2.05. The second kappa shape index (κ2) is 3.71. The first-order valence-electron chi connectivity index (χ1n) is 4.63. The fraction of sp³-hybridized carbons (Fsp3) is 0.100. The van der Waals surface area contributed by atoms with Gasteiger partial charge in [0.05, 0.1) is 5.75 Å². The van der Waals surface area contributed by atoms with Crippen LogP contribution in [0.4, 0.5) is 0 Å². The van der Waals surface area contributed by atoms with Crippen molar-refractivity contribution in [2.75, 3.05) is 5.75 Å². The van der Waals surface area contributed by atoms with Crippen LogP contribution in [0.25, 0.3) is 11.4 Å². The Kier molecular flexibility index (Phi) is 2.33. The number of aromatic nitrogens is 3. The number of thioether (sulfide) groups is 1. The molecule has 80 valence electrons. The Morgan fingerprint density at radius 3 is 2.75 bits per heavy atom. The van der Waals surface area contributed by atoms with E-state index < -0.39 is 0 Å². The molecule has 1 aliphatic rings. The molecular formula is C10H6BrN3OS. The van der Waals surface area contributed by atoms with Crippen molar-refractivity contribution in [1.82, 2.24) is 14.8 Å². The third-order valence-electron chi connectivity index (χ3n) is 2.24. The summed E-state index contributed by atoms with van der Waals surface area (Å²) in [6.45, 7) is 0. The van der Waals surface area contributed by atoms with E-state index in [1.165, 1.54) is 16.4 Å². The second-order valence-electron chi connectivity index (χ2n) is 3.32. The zero-order valence-corrected chi connectivity index (χ0v) is 10.5. The lowest BCUT2D eigenvalue weighted by Crippen LogP contribution is -2.08. The predicted octanol–water partition coefficient (Wildman–Crippen LogP) is 2.45. The third kappa shape index (κ3) is 1.58. The number of halogens is 1. The van der Waals surface area contributed by atoms with E-state index >= 15 is 0 Å². The highest BCUT2D eigenvalue weighted by molar-refractivity contribution is 9.10. The summed E-state index contributed by atoms with van der Waals surface area (Å²) >= 11 is 4.79. The number of fused-ring (bicyclic) bond motifs is 1. The molecule has 0 radical (unpaired) electrons. The Hall–Kier alpha value is -1.14. The summed E-state index contributed by atoms with van der Waals surface area (Å²) in [6, 6.07) is 7.70. The first kappa shape index (κ1) is 10.0. The van der Waals surface area contributed by atoms with Gasteiger partial charge >= 0.3 is 0 Å². The minimum atomic E-state index is -0.00383. The van der Waals surface area contributed by atoms with Crippen molar-refractivity contribution < 1.29 is 4.79 Å². The van der Waals surface area contributed by atoms with Crippen LogP contribution in [-0.2, 0) is 0 Å². The van der Waals surface area contributed by atoms with Crippen molar-refractivity contribution in [3.8, 4) is 11.4 Å². The molecule has 3 rings (SSSR count). The number of benzene rings is 1. The van der Waals surface area contributed by atoms with E-state index in [1.807, 2.05) is 24.3 Å². The number of carbonyl (C=O) groups excluding carboxylic acids is 1. The summed E-state index contributed by atoms with van der Waals surface area (Å²) in [4.78, 5) is 15.7. The van der Waals surface area contributed by atoms with E-state index in [2.05, 4.69) is 26.0 Å². The molecule has 0 N–H and O–H groups in total. The molecular weight excluding hydrogens is 290 g/mol. The summed E-state index contributed by atoms with van der Waals surface area (Å²) in [5, 5.41) is 4.87. The maximum atomic E-state index is 11.4. The third-order valence-corrected chi connectivity index (χ3v) is 3.68. The van der Waals surface area contributed by atoms with Crippen LogP contribution in [0.2, 0.25) is 0 Å². The molecule has 0 bridgehead atoms. The fourth-order valence-corrected chi connectivity index (χ4v) is 2.52. The van der Waals surface area contributed by atoms with Crippen LogP contribution in [0.1, 0.15) is 4.79 Å². The molecule has 4 nitrogen and oxygen atoms in total. The van der Waals surface area contributed by atoms with Gasteiger partial charge in [-0.1, -0.05) is 39.8 Å². The molecule has 0 saturated carbocycles. The van der Waals surface area contributed by atoms with Gasteiger partial charge < -0.3 is 0 Å². The highest BCUT2D eigenvalue weighted by atomic mass is 79.9. The van der Waals surface area contributed by atoms with E-state index in [4.69, 9.17) is 0 Å². The van der Waals surface area contributed by atoms with Crippen molar-refractivity contribution in [1.29, 1.82) is 0 Å². The molecule has 2 aromatic rings. The summed E-state index contributed by atoms with van der Waals surface area (Å²) in [5.74, 6) is 1.04. The first-order valence-corrected chi connectivity index (χ1v) is 6.41. The SMILES string of the molecule is O=C1CSc2nc(-c3ccc(Br)cc3)nn21. The molecule has 0 spiro atoms. The van der Waals surface area contributed by atoms with Crippen LogP contribution in [-0.4, -0.2) is 26.4 Å². The number of nitrogens with zero attached hydrogens (tertiary/aromatic N) is 3. The Morgan fingerprint density at radius 1 is 1.31 bits per heavy atom. The minimum absolute atomic E-state index is 0.00383. The Morgan fingerprint density at radius 2 is 2.06 bits per heavy atom. The molecule has 0 aliphatic carbocycles. The maximum absolute atomic E-state index is 11.4. The van der Waals surface area contributed by atoms with Crippen LogP contribution in [0.3, 0.4) is 0 Å². The molecule has 6 heteroatoms. The molecule has 0 atom stereocenters. The molecule has 16 heavy (non-hydrogen) atoms. The van der Waals surface area contributed by atoms with Gasteiger partial charge in [0.2, 0.25) is 0 Å². The molecule has 1 aromatic carbocycles. The monoisotopic (exact) mass is 295 g/mol. The smallest absolute Gasteiger partial charge is 0.259 e. The minimum Gasteiger partial charge on any atom is -0.271 e. The first-order chi connectivity index (χ1) is 7.74. The van der Waals surface area contributed by atoms with Crippen molar-refractivity contribution in [3.05, 3.63) is 28.7 Å². The van der Waals surface area contributed by atoms with E-state index in [0.717, 1.165) is 10.0 Å².